The fraction of sp³-hybridized carbons (Fsp3) is 0.609. The van der Waals surface area contributed by atoms with E-state index in [9.17, 15) is 0 Å². The molecule has 4 heteroatoms. The Morgan fingerprint density at radius 3 is 2.96 bits per heavy atom. The minimum Gasteiger partial charge on any atom is -0.378 e. The van der Waals surface area contributed by atoms with Gasteiger partial charge in [-0.2, -0.15) is 0 Å². The van der Waals surface area contributed by atoms with Crippen LogP contribution in [0.3, 0.4) is 0 Å². The van der Waals surface area contributed by atoms with Crippen molar-refractivity contribution in [2.75, 3.05) is 20.3 Å². The van der Waals surface area contributed by atoms with E-state index in [4.69, 9.17) is 9.47 Å². The molecule has 0 spiro atoms. The van der Waals surface area contributed by atoms with E-state index in [1.165, 1.54) is 29.2 Å². The lowest BCUT2D eigenvalue weighted by Gasteiger charge is -2.43. The Balaban J connectivity index is 1.35. The van der Waals surface area contributed by atoms with Gasteiger partial charge in [0, 0.05) is 50.6 Å². The highest BCUT2D eigenvalue weighted by Crippen LogP contribution is 2.44. The van der Waals surface area contributed by atoms with Gasteiger partial charge in [-0.15, -0.1) is 0 Å². The lowest BCUT2D eigenvalue weighted by molar-refractivity contribution is -0.103. The molecule has 2 saturated carbocycles. The van der Waals surface area contributed by atoms with E-state index in [-0.39, 0.29) is 5.60 Å². The zero-order valence-electron chi connectivity index (χ0n) is 16.3. The van der Waals surface area contributed by atoms with Crippen LogP contribution in [0, 0.1) is 5.92 Å². The third-order valence-electron chi connectivity index (χ3n) is 7.06. The summed E-state index contributed by atoms with van der Waals surface area (Å²) in [7, 11) is 1.91. The first kappa shape index (κ1) is 17.6. The quantitative estimate of drug-likeness (QED) is 0.768. The van der Waals surface area contributed by atoms with Gasteiger partial charge in [-0.1, -0.05) is 18.2 Å². The van der Waals surface area contributed by atoms with Crippen molar-refractivity contribution >= 4 is 10.8 Å². The predicted octanol–water partition coefficient (Wildman–Crippen LogP) is 4.17. The van der Waals surface area contributed by atoms with Crippen molar-refractivity contribution in [2.45, 2.75) is 62.8 Å². The second-order valence-corrected chi connectivity index (χ2v) is 8.69. The Bertz CT molecular complexity index is 801. The number of aromatic nitrogens is 1. The Kier molecular flexibility index (Phi) is 4.66. The van der Waals surface area contributed by atoms with Gasteiger partial charge in [-0.25, -0.2) is 0 Å². The summed E-state index contributed by atoms with van der Waals surface area (Å²) in [4.78, 5) is 6.92. The minimum atomic E-state index is 0.0194. The molecule has 2 aliphatic carbocycles. The van der Waals surface area contributed by atoms with Gasteiger partial charge in [0.25, 0.3) is 0 Å². The molecule has 1 aromatic heterocycles. The number of pyridine rings is 1. The summed E-state index contributed by atoms with van der Waals surface area (Å²) >= 11 is 0. The molecule has 4 nitrogen and oxygen atoms in total. The monoisotopic (exact) mass is 366 g/mol. The maximum absolute atomic E-state index is 6.28. The van der Waals surface area contributed by atoms with Gasteiger partial charge in [0.05, 0.1) is 11.7 Å². The first-order valence-electron chi connectivity index (χ1n) is 10.5. The van der Waals surface area contributed by atoms with E-state index >= 15 is 0 Å². The molecule has 0 bridgehead atoms. The Morgan fingerprint density at radius 1 is 1.19 bits per heavy atom. The minimum absolute atomic E-state index is 0.0194. The SMILES string of the molecule is CO[C@@]12CC[C@H](OCC3CC3)C[C@@H]1N(Cc1cccc3cnccc13)CC2. The number of ether oxygens (including phenoxy) is 2. The van der Waals surface area contributed by atoms with Gasteiger partial charge < -0.3 is 9.47 Å². The van der Waals surface area contributed by atoms with Gasteiger partial charge >= 0.3 is 0 Å². The second-order valence-electron chi connectivity index (χ2n) is 8.69. The summed E-state index contributed by atoms with van der Waals surface area (Å²) in [6.45, 7) is 3.05. The fourth-order valence-corrected chi connectivity index (χ4v) is 5.20. The maximum atomic E-state index is 6.28. The Hall–Kier alpha value is -1.49. The van der Waals surface area contributed by atoms with Crippen LogP contribution in [0.4, 0.5) is 0 Å². The Labute approximate surface area is 161 Å². The molecule has 1 aromatic carbocycles. The summed E-state index contributed by atoms with van der Waals surface area (Å²) in [6, 6.07) is 9.17. The first-order valence-corrected chi connectivity index (χ1v) is 10.5. The van der Waals surface area contributed by atoms with Crippen LogP contribution in [0.25, 0.3) is 10.8 Å². The highest BCUT2D eigenvalue weighted by atomic mass is 16.5. The molecule has 2 heterocycles. The zero-order chi connectivity index (χ0) is 18.3. The molecule has 3 fully saturated rings. The van der Waals surface area contributed by atoms with Crippen molar-refractivity contribution in [2.24, 2.45) is 5.92 Å². The summed E-state index contributed by atoms with van der Waals surface area (Å²) in [5.41, 5.74) is 1.41. The highest BCUT2D eigenvalue weighted by Gasteiger charge is 2.51. The van der Waals surface area contributed by atoms with Crippen LogP contribution in [-0.2, 0) is 16.0 Å². The van der Waals surface area contributed by atoms with E-state index in [2.05, 4.69) is 34.1 Å². The maximum Gasteiger partial charge on any atom is 0.0847 e. The molecular weight excluding hydrogens is 336 g/mol. The molecule has 0 radical (unpaired) electrons. The molecule has 144 valence electrons. The van der Waals surface area contributed by atoms with E-state index < -0.39 is 0 Å². The van der Waals surface area contributed by atoms with Crippen molar-refractivity contribution < 1.29 is 9.47 Å². The molecule has 3 atom stereocenters. The molecule has 3 aliphatic rings. The van der Waals surface area contributed by atoms with Crippen molar-refractivity contribution in [3.63, 3.8) is 0 Å². The average molecular weight is 367 g/mol. The lowest BCUT2D eigenvalue weighted by atomic mass is 9.79. The molecule has 1 aliphatic heterocycles. The van der Waals surface area contributed by atoms with E-state index in [0.29, 0.717) is 12.1 Å². The van der Waals surface area contributed by atoms with Crippen LogP contribution >= 0.6 is 0 Å². The molecule has 2 aromatic rings. The largest absolute Gasteiger partial charge is 0.378 e. The van der Waals surface area contributed by atoms with E-state index in [0.717, 1.165) is 51.3 Å². The fourth-order valence-electron chi connectivity index (χ4n) is 5.20. The van der Waals surface area contributed by atoms with Crippen LogP contribution in [0.5, 0.6) is 0 Å². The zero-order valence-corrected chi connectivity index (χ0v) is 16.3. The summed E-state index contributed by atoms with van der Waals surface area (Å²) in [6.07, 6.45) is 11.5. The summed E-state index contributed by atoms with van der Waals surface area (Å²) in [5.74, 6) is 0.836. The van der Waals surface area contributed by atoms with E-state index in [1.807, 2.05) is 19.5 Å². The van der Waals surface area contributed by atoms with Gasteiger partial charge in [0.15, 0.2) is 0 Å². The number of benzene rings is 1. The molecule has 1 saturated heterocycles. The van der Waals surface area contributed by atoms with Crippen LogP contribution in [0.1, 0.15) is 44.1 Å². The van der Waals surface area contributed by atoms with Crippen molar-refractivity contribution in [1.29, 1.82) is 0 Å². The highest BCUT2D eigenvalue weighted by molar-refractivity contribution is 5.84. The number of hydrogen-bond donors (Lipinski definition) is 0. The molecule has 0 N–H and O–H groups in total. The number of rotatable bonds is 6. The Morgan fingerprint density at radius 2 is 2.11 bits per heavy atom. The molecule has 0 unspecified atom stereocenters. The third-order valence-corrected chi connectivity index (χ3v) is 7.06. The van der Waals surface area contributed by atoms with Crippen LogP contribution in [0.2, 0.25) is 0 Å². The second kappa shape index (κ2) is 7.16. The third kappa shape index (κ3) is 3.39. The van der Waals surface area contributed by atoms with Crippen molar-refractivity contribution in [3.8, 4) is 0 Å². The van der Waals surface area contributed by atoms with Gasteiger partial charge in [-0.05, 0) is 61.5 Å². The number of hydrogen-bond acceptors (Lipinski definition) is 4. The average Bonchev–Trinajstić information content (AvgIpc) is 3.48. The standard InChI is InChI=1S/C23H30N2O2/c1-26-23-9-7-20(27-16-17-5-6-17)13-22(23)25(12-10-23)15-19-4-2-3-18-14-24-11-8-21(18)19/h2-4,8,11,14,17,20,22H,5-7,9-10,12-13,15-16H2,1H3/t20-,22-,23+/m0/s1. The van der Waals surface area contributed by atoms with Crippen molar-refractivity contribution in [3.05, 3.63) is 42.2 Å². The summed E-state index contributed by atoms with van der Waals surface area (Å²) in [5, 5.41) is 2.54. The number of nitrogens with zero attached hydrogens (tertiary/aromatic N) is 2. The molecule has 0 amide bonds. The topological polar surface area (TPSA) is 34.6 Å². The van der Waals surface area contributed by atoms with Gasteiger partial charge in [0.1, 0.15) is 0 Å². The van der Waals surface area contributed by atoms with E-state index in [1.54, 1.807) is 0 Å². The smallest absolute Gasteiger partial charge is 0.0847 e. The van der Waals surface area contributed by atoms with Crippen molar-refractivity contribution in [1.82, 2.24) is 9.88 Å². The number of fused-ring (bicyclic) bond motifs is 2. The van der Waals surface area contributed by atoms with Gasteiger partial charge in [0.2, 0.25) is 0 Å². The van der Waals surface area contributed by atoms with Gasteiger partial charge in [-0.3, -0.25) is 9.88 Å². The van der Waals surface area contributed by atoms with Crippen LogP contribution in [0.15, 0.2) is 36.7 Å². The number of likely N-dealkylation sites (tertiary alicyclic amines) is 1. The first-order chi connectivity index (χ1) is 13.3. The normalized spacial score (nSPS) is 31.3. The van der Waals surface area contributed by atoms with Crippen LogP contribution < -0.4 is 0 Å². The molecular formula is C23H30N2O2. The predicted molar refractivity (Wildman–Crippen MR) is 107 cm³/mol. The lowest BCUT2D eigenvalue weighted by Crippen LogP contribution is -2.51. The molecule has 5 rings (SSSR count). The van der Waals surface area contributed by atoms with Crippen LogP contribution in [-0.4, -0.2) is 47.9 Å². The summed E-state index contributed by atoms with van der Waals surface area (Å²) < 4.78 is 12.4. The number of methoxy groups -OCH3 is 1. The molecule has 27 heavy (non-hydrogen) atoms.